The molecule has 0 spiro atoms. The highest BCUT2D eigenvalue weighted by Gasteiger charge is 2.59. The van der Waals surface area contributed by atoms with E-state index in [4.69, 9.17) is 13.7 Å². The summed E-state index contributed by atoms with van der Waals surface area (Å²) in [5.74, 6) is 0.511. The van der Waals surface area contributed by atoms with Gasteiger partial charge < -0.3 is 9.47 Å². The molecule has 4 aliphatic carbocycles. The highest BCUT2D eigenvalue weighted by molar-refractivity contribution is 7.86. The molecule has 41 heavy (non-hydrogen) atoms. The minimum absolute atomic E-state index is 0.0572. The first-order valence-corrected chi connectivity index (χ1v) is 16.3. The number of carbonyl (C=O) groups excluding carboxylic acids is 2. The molecule has 4 atom stereocenters. The summed E-state index contributed by atoms with van der Waals surface area (Å²) in [4.78, 5) is 27.7. The smallest absolute Gasteiger partial charge is 0.331 e. The lowest BCUT2D eigenvalue weighted by molar-refractivity contribution is -0.199. The zero-order chi connectivity index (χ0) is 29.5. The van der Waals surface area contributed by atoms with Crippen molar-refractivity contribution in [1.82, 2.24) is 0 Å². The molecular weight excluding hydrogens is 540 g/mol. The monoisotopic (exact) mass is 582 g/mol. The summed E-state index contributed by atoms with van der Waals surface area (Å²) in [5, 5.41) is 0. The fraction of sp³-hybridized carbons (Fsp3) is 0.576. The largest absolute Gasteiger partial charge is 0.458 e. The number of rotatable bonds is 10. The van der Waals surface area contributed by atoms with Crippen molar-refractivity contribution in [2.45, 2.75) is 89.6 Å². The number of esters is 2. The van der Waals surface area contributed by atoms with Gasteiger partial charge in [-0.3, -0.25) is 13.8 Å². The first kappa shape index (κ1) is 29.8. The van der Waals surface area contributed by atoms with E-state index in [0.29, 0.717) is 18.3 Å². The van der Waals surface area contributed by atoms with Gasteiger partial charge in [0, 0.05) is 5.41 Å². The van der Waals surface area contributed by atoms with Gasteiger partial charge in [-0.05, 0) is 114 Å². The number of hydrogen-bond donors (Lipinski definition) is 0. The Morgan fingerprint density at radius 3 is 2.12 bits per heavy atom. The lowest BCUT2D eigenvalue weighted by atomic mass is 9.55. The van der Waals surface area contributed by atoms with Crippen molar-refractivity contribution in [2.24, 2.45) is 28.6 Å². The Bertz CT molecular complexity index is 1360. The Hall–Kier alpha value is -2.71. The molecule has 0 aliphatic heterocycles. The van der Waals surface area contributed by atoms with Crippen LogP contribution in [0.1, 0.15) is 77.7 Å². The molecule has 0 heterocycles. The van der Waals surface area contributed by atoms with Crippen molar-refractivity contribution in [3.63, 3.8) is 0 Å². The summed E-state index contributed by atoms with van der Waals surface area (Å²) in [6, 6.07) is 14.6. The zero-order valence-corrected chi connectivity index (χ0v) is 25.4. The van der Waals surface area contributed by atoms with Crippen molar-refractivity contribution >= 4 is 22.1 Å². The predicted octanol–water partition coefficient (Wildman–Crippen LogP) is 6.63. The molecule has 0 aromatic heterocycles. The van der Waals surface area contributed by atoms with Crippen LogP contribution in [0.25, 0.3) is 0 Å². The van der Waals surface area contributed by atoms with E-state index >= 15 is 0 Å². The summed E-state index contributed by atoms with van der Waals surface area (Å²) >= 11 is 0. The van der Waals surface area contributed by atoms with E-state index in [1.54, 1.807) is 42.5 Å². The second-order valence-electron chi connectivity index (χ2n) is 13.1. The molecule has 0 N–H and O–H groups in total. The zero-order valence-electron chi connectivity index (χ0n) is 24.6. The number of aryl methyl sites for hydroxylation is 1. The Balaban J connectivity index is 1.43. The fourth-order valence-electron chi connectivity index (χ4n) is 7.59. The van der Waals surface area contributed by atoms with Crippen LogP contribution < -0.4 is 4.74 Å². The average molecular weight is 583 g/mol. The van der Waals surface area contributed by atoms with Crippen molar-refractivity contribution in [2.75, 3.05) is 6.61 Å². The number of ether oxygens (including phenoxy) is 2. The van der Waals surface area contributed by atoms with Crippen LogP contribution in [0.2, 0.25) is 0 Å². The first-order valence-electron chi connectivity index (χ1n) is 14.8. The van der Waals surface area contributed by atoms with Gasteiger partial charge in [-0.2, -0.15) is 8.42 Å². The summed E-state index contributed by atoms with van der Waals surface area (Å²) in [7, 11) is -4.26. The van der Waals surface area contributed by atoms with E-state index in [2.05, 4.69) is 0 Å². The molecule has 4 saturated carbocycles. The van der Waals surface area contributed by atoms with Crippen LogP contribution >= 0.6 is 0 Å². The second kappa shape index (κ2) is 11.2. The maximum absolute atomic E-state index is 14.1. The topological polar surface area (TPSA) is 96.0 Å². The van der Waals surface area contributed by atoms with Gasteiger partial charge in [-0.15, -0.1) is 0 Å². The minimum Gasteiger partial charge on any atom is -0.458 e. The van der Waals surface area contributed by atoms with Gasteiger partial charge in [-0.25, -0.2) is 0 Å². The molecular formula is C33H42O7S. The molecule has 8 heteroatoms. The molecule has 4 fully saturated rings. The Morgan fingerprint density at radius 1 is 0.902 bits per heavy atom. The highest BCUT2D eigenvalue weighted by Crippen LogP contribution is 2.62. The van der Waals surface area contributed by atoms with E-state index in [1.807, 2.05) is 20.8 Å². The van der Waals surface area contributed by atoms with Gasteiger partial charge in [0.2, 0.25) is 0 Å². The van der Waals surface area contributed by atoms with Crippen molar-refractivity contribution in [3.8, 4) is 5.75 Å². The number of benzene rings is 2. The molecule has 0 radical (unpaired) electrons. The van der Waals surface area contributed by atoms with Gasteiger partial charge in [-0.1, -0.05) is 42.8 Å². The summed E-state index contributed by atoms with van der Waals surface area (Å²) < 4.78 is 43.6. The van der Waals surface area contributed by atoms with Gasteiger partial charge in [0.15, 0.2) is 5.41 Å². The third-order valence-corrected chi connectivity index (χ3v) is 11.4. The number of carbonyl (C=O) groups is 2. The molecule has 4 aliphatic rings. The van der Waals surface area contributed by atoms with Crippen molar-refractivity contribution in [1.29, 1.82) is 0 Å². The number of hydrogen-bond acceptors (Lipinski definition) is 7. The van der Waals surface area contributed by atoms with Crippen LogP contribution in [-0.4, -0.2) is 32.6 Å². The normalized spacial score (nSPS) is 28.2. The minimum atomic E-state index is -4.26. The van der Waals surface area contributed by atoms with Crippen LogP contribution in [0, 0.1) is 35.5 Å². The Labute approximate surface area is 244 Å². The molecule has 2 aromatic rings. The lowest BCUT2D eigenvalue weighted by Crippen LogP contribution is -2.55. The summed E-state index contributed by atoms with van der Waals surface area (Å²) in [6.07, 6.45) is 8.49. The SMILES string of the molecule is CCC(C)(OC(=O)C(C)(COS(=O)(=O)c1ccc(C)cc1)C(=O)Oc1ccccc1)C12CCC3CC(CC(C3)C1)C2. The second-order valence-corrected chi connectivity index (χ2v) is 14.7. The van der Waals surface area contributed by atoms with E-state index in [1.165, 1.54) is 38.3 Å². The van der Waals surface area contributed by atoms with Crippen LogP contribution in [0.15, 0.2) is 59.5 Å². The van der Waals surface area contributed by atoms with Crippen LogP contribution in [0.4, 0.5) is 0 Å². The first-order chi connectivity index (χ1) is 19.4. The van der Waals surface area contributed by atoms with Gasteiger partial charge >= 0.3 is 11.9 Å². The maximum Gasteiger partial charge on any atom is 0.331 e. The Kier molecular flexibility index (Phi) is 8.11. The Morgan fingerprint density at radius 2 is 1.51 bits per heavy atom. The lowest BCUT2D eigenvalue weighted by Gasteiger charge is -2.54. The molecule has 4 bridgehead atoms. The quantitative estimate of drug-likeness (QED) is 0.134. The van der Waals surface area contributed by atoms with Gasteiger partial charge in [0.25, 0.3) is 10.1 Å². The van der Waals surface area contributed by atoms with Gasteiger partial charge in [0.05, 0.1) is 11.5 Å². The standard InChI is InChI=1S/C33H42O7S/c1-5-32(4,33-16-15-24-17-25(20-33)19-26(18-24)21-33)40-30(35)31(3,29(34)39-27-9-7-6-8-10-27)22-38-41(36,37)28-13-11-23(2)12-14-28/h6-14,24-26H,5,15-22H2,1-4H3. The third kappa shape index (κ3) is 5.82. The molecule has 222 valence electrons. The summed E-state index contributed by atoms with van der Waals surface area (Å²) in [5.41, 5.74) is -2.12. The third-order valence-electron chi connectivity index (χ3n) is 10.2. The molecule has 0 saturated heterocycles. The van der Waals surface area contributed by atoms with Crippen LogP contribution in [0.5, 0.6) is 5.75 Å². The maximum atomic E-state index is 14.1. The predicted molar refractivity (Wildman–Crippen MR) is 155 cm³/mol. The van der Waals surface area contributed by atoms with Gasteiger partial charge in [0.1, 0.15) is 11.4 Å². The van der Waals surface area contributed by atoms with E-state index in [-0.39, 0.29) is 16.1 Å². The van der Waals surface area contributed by atoms with E-state index in [0.717, 1.165) is 37.2 Å². The molecule has 6 rings (SSSR count). The van der Waals surface area contributed by atoms with Crippen LogP contribution in [0.3, 0.4) is 0 Å². The number of para-hydroxylation sites is 1. The fourth-order valence-corrected chi connectivity index (χ4v) is 8.59. The van der Waals surface area contributed by atoms with Crippen molar-refractivity contribution in [3.05, 3.63) is 60.2 Å². The number of fused-ring (bicyclic) bond motifs is 1. The van der Waals surface area contributed by atoms with Crippen LogP contribution in [-0.2, 0) is 28.6 Å². The molecule has 2 aromatic carbocycles. The summed E-state index contributed by atoms with van der Waals surface area (Å²) in [6.45, 7) is 6.49. The van der Waals surface area contributed by atoms with E-state index in [9.17, 15) is 18.0 Å². The van der Waals surface area contributed by atoms with E-state index < -0.39 is 39.7 Å². The average Bonchev–Trinajstić information content (AvgIpc) is 3.16. The highest BCUT2D eigenvalue weighted by atomic mass is 32.2. The molecule has 7 nitrogen and oxygen atoms in total. The van der Waals surface area contributed by atoms with Crippen molar-refractivity contribution < 1.29 is 31.7 Å². The molecule has 4 unspecified atom stereocenters. The molecule has 0 amide bonds.